The Labute approximate surface area is 172 Å². The molecule has 0 N–H and O–H groups in total. The zero-order valence-electron chi connectivity index (χ0n) is 15.5. The van der Waals surface area contributed by atoms with Gasteiger partial charge in [-0.1, -0.05) is 22.9 Å². The van der Waals surface area contributed by atoms with Crippen LogP contribution in [0.5, 0.6) is 5.75 Å². The first kappa shape index (κ1) is 20.8. The fraction of sp³-hybridized carbons (Fsp3) is 0.316. The zero-order chi connectivity index (χ0) is 20.5. The summed E-state index contributed by atoms with van der Waals surface area (Å²) in [6, 6.07) is 8.92. The molecule has 0 aliphatic carbocycles. The van der Waals surface area contributed by atoms with Crippen LogP contribution in [0.15, 0.2) is 45.8 Å². The van der Waals surface area contributed by atoms with E-state index in [1.165, 1.54) is 13.2 Å². The molecule has 9 heteroatoms. The highest BCUT2D eigenvalue weighted by atomic mass is 79.9. The van der Waals surface area contributed by atoms with Gasteiger partial charge in [0.1, 0.15) is 16.5 Å². The Hall–Kier alpha value is -1.97. The number of carbonyl (C=O) groups is 1. The number of hydrogen-bond donors (Lipinski definition) is 0. The second-order valence-electron chi connectivity index (χ2n) is 6.29. The average Bonchev–Trinajstić information content (AvgIpc) is 3.08. The minimum Gasteiger partial charge on any atom is -0.495 e. The number of sulfonamides is 1. The van der Waals surface area contributed by atoms with Crippen LogP contribution in [0, 0.1) is 5.82 Å². The molecule has 0 saturated carbocycles. The van der Waals surface area contributed by atoms with Crippen molar-refractivity contribution in [1.29, 1.82) is 0 Å². The molecular formula is C19H20BrFN2O4S. The SMILES string of the molecule is CCN(CC(=O)N1CCc2cc(Br)ccc21)S(=O)(=O)c1cc(F)ccc1OC. The Morgan fingerprint density at radius 3 is 2.71 bits per heavy atom. The van der Waals surface area contributed by atoms with Gasteiger partial charge in [-0.3, -0.25) is 4.79 Å². The van der Waals surface area contributed by atoms with Gasteiger partial charge in [-0.05, 0) is 48.4 Å². The van der Waals surface area contributed by atoms with Gasteiger partial charge in [-0.2, -0.15) is 4.31 Å². The van der Waals surface area contributed by atoms with Crippen LogP contribution in [0.25, 0.3) is 0 Å². The third kappa shape index (κ3) is 3.92. The highest BCUT2D eigenvalue weighted by Crippen LogP contribution is 2.31. The summed E-state index contributed by atoms with van der Waals surface area (Å²) in [6.45, 7) is 1.85. The van der Waals surface area contributed by atoms with E-state index in [9.17, 15) is 17.6 Å². The average molecular weight is 471 g/mol. The first-order chi connectivity index (χ1) is 13.3. The van der Waals surface area contributed by atoms with Crippen LogP contribution in [0.3, 0.4) is 0 Å². The second kappa shape index (κ2) is 8.18. The molecule has 1 heterocycles. The molecule has 150 valence electrons. The number of ether oxygens (including phenoxy) is 1. The molecule has 0 fully saturated rings. The van der Waals surface area contributed by atoms with Gasteiger partial charge < -0.3 is 9.64 Å². The summed E-state index contributed by atoms with van der Waals surface area (Å²) in [7, 11) is -2.80. The number of halogens is 2. The smallest absolute Gasteiger partial charge is 0.247 e. The number of anilines is 1. The number of hydrogen-bond acceptors (Lipinski definition) is 4. The topological polar surface area (TPSA) is 66.9 Å². The van der Waals surface area contributed by atoms with E-state index in [1.807, 2.05) is 18.2 Å². The third-order valence-corrected chi connectivity index (χ3v) is 7.08. The summed E-state index contributed by atoms with van der Waals surface area (Å²) in [4.78, 5) is 14.2. The van der Waals surface area contributed by atoms with Crippen LogP contribution in [0.1, 0.15) is 12.5 Å². The number of carbonyl (C=O) groups excluding carboxylic acids is 1. The number of methoxy groups -OCH3 is 1. The van der Waals surface area contributed by atoms with Crippen molar-refractivity contribution in [3.05, 3.63) is 52.3 Å². The van der Waals surface area contributed by atoms with E-state index in [4.69, 9.17) is 4.74 Å². The summed E-state index contributed by atoms with van der Waals surface area (Å²) in [5, 5.41) is 0. The van der Waals surface area contributed by atoms with Crippen LogP contribution in [-0.4, -0.2) is 45.4 Å². The predicted octanol–water partition coefficient (Wildman–Crippen LogP) is 3.20. The lowest BCUT2D eigenvalue weighted by Gasteiger charge is -2.24. The standard InChI is InChI=1S/C19H20BrFN2O4S/c1-3-22(28(25,26)18-11-15(21)5-7-17(18)27-2)12-19(24)23-9-8-13-10-14(20)4-6-16(13)23/h4-7,10-11H,3,8-9,12H2,1-2H3. The van der Waals surface area contributed by atoms with E-state index in [2.05, 4.69) is 15.9 Å². The number of nitrogens with zero attached hydrogens (tertiary/aromatic N) is 2. The fourth-order valence-electron chi connectivity index (χ4n) is 3.22. The molecule has 1 amide bonds. The van der Waals surface area contributed by atoms with Crippen molar-refractivity contribution in [1.82, 2.24) is 4.31 Å². The molecule has 6 nitrogen and oxygen atoms in total. The van der Waals surface area contributed by atoms with Gasteiger partial charge in [0.25, 0.3) is 0 Å². The lowest BCUT2D eigenvalue weighted by molar-refractivity contribution is -0.118. The summed E-state index contributed by atoms with van der Waals surface area (Å²) < 4.78 is 46.8. The molecule has 28 heavy (non-hydrogen) atoms. The van der Waals surface area contributed by atoms with Gasteiger partial charge in [0.05, 0.1) is 13.7 Å². The van der Waals surface area contributed by atoms with Crippen molar-refractivity contribution < 1.29 is 22.3 Å². The zero-order valence-corrected chi connectivity index (χ0v) is 17.9. The summed E-state index contributed by atoms with van der Waals surface area (Å²) >= 11 is 3.41. The molecule has 0 aromatic heterocycles. The molecule has 0 unspecified atom stereocenters. The van der Waals surface area contributed by atoms with Crippen molar-refractivity contribution in [3.8, 4) is 5.75 Å². The summed E-state index contributed by atoms with van der Waals surface area (Å²) in [5.41, 5.74) is 1.81. The molecule has 0 spiro atoms. The van der Waals surface area contributed by atoms with Crippen LogP contribution in [0.4, 0.5) is 10.1 Å². The van der Waals surface area contributed by atoms with Gasteiger partial charge in [0.15, 0.2) is 0 Å². The largest absolute Gasteiger partial charge is 0.495 e. The minimum atomic E-state index is -4.11. The Balaban J connectivity index is 1.87. The molecule has 3 rings (SSSR count). The first-order valence-electron chi connectivity index (χ1n) is 8.70. The Kier molecular flexibility index (Phi) is 6.07. The van der Waals surface area contributed by atoms with Gasteiger partial charge in [0.2, 0.25) is 15.9 Å². The lowest BCUT2D eigenvalue weighted by Crippen LogP contribution is -2.42. The van der Waals surface area contributed by atoms with Crippen molar-refractivity contribution in [2.75, 3.05) is 31.6 Å². The van der Waals surface area contributed by atoms with Crippen LogP contribution in [-0.2, 0) is 21.2 Å². The maximum Gasteiger partial charge on any atom is 0.247 e. The van der Waals surface area contributed by atoms with Gasteiger partial charge in [-0.25, -0.2) is 12.8 Å². The highest BCUT2D eigenvalue weighted by molar-refractivity contribution is 9.10. The summed E-state index contributed by atoms with van der Waals surface area (Å²) in [6.07, 6.45) is 0.705. The van der Waals surface area contributed by atoms with Gasteiger partial charge >= 0.3 is 0 Å². The normalized spacial score (nSPS) is 13.7. The van der Waals surface area contributed by atoms with Gasteiger partial charge in [-0.15, -0.1) is 0 Å². The van der Waals surface area contributed by atoms with Crippen LogP contribution in [0.2, 0.25) is 0 Å². The van der Waals surface area contributed by atoms with Crippen molar-refractivity contribution in [2.45, 2.75) is 18.2 Å². The lowest BCUT2D eigenvalue weighted by atomic mass is 10.2. The molecule has 1 aliphatic heterocycles. The van der Waals surface area contributed by atoms with E-state index in [-0.39, 0.29) is 29.6 Å². The minimum absolute atomic E-state index is 0.0312. The second-order valence-corrected chi connectivity index (χ2v) is 9.12. The maximum atomic E-state index is 13.7. The monoisotopic (exact) mass is 470 g/mol. The first-order valence-corrected chi connectivity index (χ1v) is 10.9. The predicted molar refractivity (Wildman–Crippen MR) is 108 cm³/mol. The number of fused-ring (bicyclic) bond motifs is 1. The molecule has 0 atom stereocenters. The molecular weight excluding hydrogens is 451 g/mol. The summed E-state index contributed by atoms with van der Waals surface area (Å²) in [5.74, 6) is -0.994. The highest BCUT2D eigenvalue weighted by Gasteiger charge is 2.32. The molecule has 2 aromatic carbocycles. The molecule has 2 aromatic rings. The molecule has 1 aliphatic rings. The molecule has 0 radical (unpaired) electrons. The Morgan fingerprint density at radius 2 is 2.04 bits per heavy atom. The van der Waals surface area contributed by atoms with E-state index in [1.54, 1.807) is 11.8 Å². The van der Waals surface area contributed by atoms with Crippen molar-refractivity contribution in [3.63, 3.8) is 0 Å². The van der Waals surface area contributed by atoms with Crippen molar-refractivity contribution >= 4 is 37.5 Å². The maximum absolute atomic E-state index is 13.7. The van der Waals surface area contributed by atoms with E-state index in [0.29, 0.717) is 13.0 Å². The van der Waals surface area contributed by atoms with Crippen LogP contribution >= 0.6 is 15.9 Å². The Bertz CT molecular complexity index is 1010. The van der Waals surface area contributed by atoms with E-state index < -0.39 is 15.8 Å². The van der Waals surface area contributed by atoms with E-state index in [0.717, 1.165) is 32.2 Å². The van der Waals surface area contributed by atoms with Crippen molar-refractivity contribution in [2.24, 2.45) is 0 Å². The van der Waals surface area contributed by atoms with Gasteiger partial charge in [0, 0.05) is 23.2 Å². The number of rotatable bonds is 6. The number of likely N-dealkylation sites (N-methyl/N-ethyl adjacent to an activating group) is 1. The fourth-order valence-corrected chi connectivity index (χ4v) is 5.20. The third-order valence-electron chi connectivity index (χ3n) is 4.65. The Morgan fingerprint density at radius 1 is 1.29 bits per heavy atom. The molecule has 0 bridgehead atoms. The number of amides is 1. The quantitative estimate of drug-likeness (QED) is 0.649. The van der Waals surface area contributed by atoms with E-state index >= 15 is 0 Å². The van der Waals surface area contributed by atoms with Crippen LogP contribution < -0.4 is 9.64 Å². The number of benzene rings is 2. The molecule has 0 saturated heterocycles.